The van der Waals surface area contributed by atoms with Gasteiger partial charge < -0.3 is 10.6 Å². The van der Waals surface area contributed by atoms with E-state index in [4.69, 9.17) is 16.9 Å². The summed E-state index contributed by atoms with van der Waals surface area (Å²) in [7, 11) is 0. The van der Waals surface area contributed by atoms with Crippen molar-refractivity contribution < 1.29 is 4.79 Å². The highest BCUT2D eigenvalue weighted by Crippen LogP contribution is 2.43. The quantitative estimate of drug-likeness (QED) is 0.302. The van der Waals surface area contributed by atoms with Gasteiger partial charge in [-0.2, -0.15) is 5.26 Å². The fourth-order valence-electron chi connectivity index (χ4n) is 1.09. The normalized spacial score (nSPS) is 17.1. The van der Waals surface area contributed by atoms with E-state index in [1.54, 1.807) is 6.08 Å². The number of rotatable bonds is 7. The molecule has 0 aliphatic heterocycles. The van der Waals surface area contributed by atoms with Crippen molar-refractivity contribution in [3.8, 4) is 6.07 Å². The molecule has 16 heavy (non-hydrogen) atoms. The molecule has 1 saturated carbocycles. The minimum Gasteiger partial charge on any atom is -0.385 e. The van der Waals surface area contributed by atoms with Crippen LogP contribution in [-0.2, 0) is 4.79 Å². The van der Waals surface area contributed by atoms with Crippen molar-refractivity contribution in [1.82, 2.24) is 10.6 Å². The molecule has 0 bridgehead atoms. The molecule has 0 aromatic heterocycles. The van der Waals surface area contributed by atoms with E-state index in [9.17, 15) is 4.79 Å². The van der Waals surface area contributed by atoms with E-state index >= 15 is 0 Å². The highest BCUT2D eigenvalue weighted by Gasteiger charge is 2.47. The molecule has 1 rings (SSSR count). The molecule has 0 unspecified atom stereocenters. The van der Waals surface area contributed by atoms with Crippen LogP contribution >= 0.6 is 11.6 Å². The van der Waals surface area contributed by atoms with Crippen molar-refractivity contribution >= 4 is 17.4 Å². The van der Waals surface area contributed by atoms with Gasteiger partial charge in [0.05, 0.1) is 6.54 Å². The molecule has 0 saturated heterocycles. The predicted octanol–water partition coefficient (Wildman–Crippen LogP) is 1.06. The zero-order valence-corrected chi connectivity index (χ0v) is 9.68. The number of ketones is 1. The molecule has 0 aromatic carbocycles. The predicted molar refractivity (Wildman–Crippen MR) is 62.7 cm³/mol. The molecule has 0 aromatic rings. The molecular weight excluding hydrogens is 226 g/mol. The van der Waals surface area contributed by atoms with E-state index in [0.29, 0.717) is 12.2 Å². The van der Waals surface area contributed by atoms with Gasteiger partial charge >= 0.3 is 0 Å². The van der Waals surface area contributed by atoms with Gasteiger partial charge in [-0.05, 0) is 12.8 Å². The monoisotopic (exact) mass is 239 g/mol. The second kappa shape index (κ2) is 5.57. The SMILES string of the molecule is C=CCN/C=C(/C#N)NCC(=O)C1(Cl)CC1. The molecule has 5 heteroatoms. The zero-order valence-electron chi connectivity index (χ0n) is 8.92. The Morgan fingerprint density at radius 2 is 2.31 bits per heavy atom. The first kappa shape index (κ1) is 12.6. The molecule has 1 aliphatic rings. The highest BCUT2D eigenvalue weighted by atomic mass is 35.5. The number of nitrogens with one attached hydrogen (secondary N) is 2. The van der Waals surface area contributed by atoms with Gasteiger partial charge in [-0.15, -0.1) is 18.2 Å². The number of alkyl halides is 1. The van der Waals surface area contributed by atoms with Crippen LogP contribution in [0.25, 0.3) is 0 Å². The molecule has 0 amide bonds. The minimum absolute atomic E-state index is 0.0564. The van der Waals surface area contributed by atoms with Crippen LogP contribution in [0.5, 0.6) is 0 Å². The van der Waals surface area contributed by atoms with Crippen molar-refractivity contribution in [2.45, 2.75) is 17.7 Å². The van der Waals surface area contributed by atoms with Crippen LogP contribution in [0.1, 0.15) is 12.8 Å². The van der Waals surface area contributed by atoms with Crippen LogP contribution < -0.4 is 10.6 Å². The van der Waals surface area contributed by atoms with Crippen LogP contribution in [-0.4, -0.2) is 23.7 Å². The van der Waals surface area contributed by atoms with E-state index in [2.05, 4.69) is 17.2 Å². The fourth-order valence-corrected chi connectivity index (χ4v) is 1.25. The van der Waals surface area contributed by atoms with Crippen LogP contribution in [0.3, 0.4) is 0 Å². The van der Waals surface area contributed by atoms with E-state index in [-0.39, 0.29) is 12.3 Å². The molecule has 2 N–H and O–H groups in total. The third-order valence-electron chi connectivity index (χ3n) is 2.26. The summed E-state index contributed by atoms with van der Waals surface area (Å²) in [5, 5.41) is 14.4. The van der Waals surface area contributed by atoms with Gasteiger partial charge in [0.1, 0.15) is 16.6 Å². The molecule has 1 aliphatic carbocycles. The number of allylic oxidation sites excluding steroid dienone is 1. The Morgan fingerprint density at radius 1 is 1.62 bits per heavy atom. The molecule has 4 nitrogen and oxygen atoms in total. The largest absolute Gasteiger partial charge is 0.385 e. The Hall–Kier alpha value is -1.47. The molecule has 86 valence electrons. The van der Waals surface area contributed by atoms with E-state index in [1.165, 1.54) is 6.20 Å². The van der Waals surface area contributed by atoms with Crippen LogP contribution in [0.4, 0.5) is 0 Å². The lowest BCUT2D eigenvalue weighted by molar-refractivity contribution is -0.118. The molecular formula is C11H14ClN3O. The summed E-state index contributed by atoms with van der Waals surface area (Å²) in [6.07, 6.45) is 4.65. The second-order valence-corrected chi connectivity index (χ2v) is 4.33. The summed E-state index contributed by atoms with van der Waals surface area (Å²) in [6.45, 7) is 4.20. The number of hydrogen-bond acceptors (Lipinski definition) is 4. The zero-order chi connectivity index (χ0) is 12.0. The smallest absolute Gasteiger partial charge is 0.172 e. The summed E-state index contributed by atoms with van der Waals surface area (Å²) >= 11 is 5.93. The van der Waals surface area contributed by atoms with Gasteiger partial charge in [0.2, 0.25) is 0 Å². The number of carbonyl (C=O) groups excluding carboxylic acids is 1. The van der Waals surface area contributed by atoms with Gasteiger partial charge in [-0.1, -0.05) is 6.08 Å². The molecule has 0 radical (unpaired) electrons. The number of nitrogens with zero attached hydrogens (tertiary/aromatic N) is 1. The van der Waals surface area contributed by atoms with Crippen molar-refractivity contribution in [3.63, 3.8) is 0 Å². The van der Waals surface area contributed by atoms with Crippen molar-refractivity contribution in [2.75, 3.05) is 13.1 Å². The first-order valence-electron chi connectivity index (χ1n) is 5.03. The van der Waals surface area contributed by atoms with E-state index in [1.807, 2.05) is 6.07 Å². The van der Waals surface area contributed by atoms with Crippen molar-refractivity contribution in [2.24, 2.45) is 0 Å². The van der Waals surface area contributed by atoms with Gasteiger partial charge in [-0.25, -0.2) is 0 Å². The second-order valence-electron chi connectivity index (χ2n) is 3.61. The highest BCUT2D eigenvalue weighted by molar-refractivity contribution is 6.37. The van der Waals surface area contributed by atoms with Gasteiger partial charge in [0, 0.05) is 12.7 Å². The molecule has 1 fully saturated rings. The lowest BCUT2D eigenvalue weighted by Crippen LogP contribution is -2.30. The summed E-state index contributed by atoms with van der Waals surface area (Å²) < 4.78 is 0. The van der Waals surface area contributed by atoms with Gasteiger partial charge in [-0.3, -0.25) is 4.79 Å². The summed E-state index contributed by atoms with van der Waals surface area (Å²) in [5.74, 6) is -0.0564. The lowest BCUT2D eigenvalue weighted by atomic mass is 10.2. The number of halogens is 1. The molecule has 0 heterocycles. The minimum atomic E-state index is -0.665. The third-order valence-corrected chi connectivity index (χ3v) is 2.85. The topological polar surface area (TPSA) is 64.9 Å². The number of nitriles is 1. The van der Waals surface area contributed by atoms with Crippen molar-refractivity contribution in [1.29, 1.82) is 5.26 Å². The summed E-state index contributed by atoms with van der Waals surface area (Å²) in [6, 6.07) is 1.95. The van der Waals surface area contributed by atoms with E-state index < -0.39 is 4.87 Å². The van der Waals surface area contributed by atoms with Gasteiger partial charge in [0.25, 0.3) is 0 Å². The first-order chi connectivity index (χ1) is 7.62. The average Bonchev–Trinajstić information content (AvgIpc) is 3.02. The fraction of sp³-hybridized carbons (Fsp3) is 0.455. The first-order valence-corrected chi connectivity index (χ1v) is 5.41. The number of carbonyl (C=O) groups is 1. The van der Waals surface area contributed by atoms with Crippen molar-refractivity contribution in [3.05, 3.63) is 24.6 Å². The number of hydrogen-bond donors (Lipinski definition) is 2. The molecule has 0 atom stereocenters. The summed E-state index contributed by atoms with van der Waals surface area (Å²) in [5.41, 5.74) is 0.316. The Labute approximate surface area is 100.0 Å². The Morgan fingerprint density at radius 3 is 2.81 bits per heavy atom. The standard InChI is InChI=1S/C11H14ClN3O/c1-2-5-14-7-9(6-13)15-8-10(16)11(12)3-4-11/h2,7,14-15H,1,3-5,8H2/b9-7-. The average molecular weight is 240 g/mol. The maximum atomic E-state index is 11.5. The lowest BCUT2D eigenvalue weighted by Gasteiger charge is -2.07. The maximum Gasteiger partial charge on any atom is 0.172 e. The van der Waals surface area contributed by atoms with Crippen LogP contribution in [0.15, 0.2) is 24.6 Å². The van der Waals surface area contributed by atoms with E-state index in [0.717, 1.165) is 12.8 Å². The van der Waals surface area contributed by atoms with Crippen LogP contribution in [0, 0.1) is 11.3 Å². The number of Topliss-reactive ketones (excluding diaryl/α,β-unsaturated/α-hetero) is 1. The Bertz CT molecular complexity index is 353. The summed E-state index contributed by atoms with van der Waals surface area (Å²) in [4.78, 5) is 10.8. The molecule has 0 spiro atoms. The van der Waals surface area contributed by atoms with Gasteiger partial charge in [0.15, 0.2) is 5.78 Å². The third kappa shape index (κ3) is 3.59. The Kier molecular flexibility index (Phi) is 4.39. The van der Waals surface area contributed by atoms with Crippen LogP contribution in [0.2, 0.25) is 0 Å². The maximum absolute atomic E-state index is 11.5. The Balaban J connectivity index is 2.34.